The highest BCUT2D eigenvalue weighted by atomic mass is 19.1. The molecule has 0 atom stereocenters. The number of tetrazole rings is 1. The zero-order valence-electron chi connectivity index (χ0n) is 16.1. The third-order valence-electron chi connectivity index (χ3n) is 4.53. The summed E-state index contributed by atoms with van der Waals surface area (Å²) in [4.78, 5) is 25.7. The molecule has 4 aromatic rings. The van der Waals surface area contributed by atoms with Crippen LogP contribution in [0.5, 0.6) is 0 Å². The summed E-state index contributed by atoms with van der Waals surface area (Å²) in [6.07, 6.45) is 2.48. The van der Waals surface area contributed by atoms with Crippen molar-refractivity contribution in [2.45, 2.75) is 6.54 Å². The van der Waals surface area contributed by atoms with Gasteiger partial charge in [0, 0.05) is 29.9 Å². The summed E-state index contributed by atoms with van der Waals surface area (Å²) in [6, 6.07) is 16.0. The molecule has 154 valence electrons. The predicted octanol–water partition coefficient (Wildman–Crippen LogP) is 3.20. The van der Waals surface area contributed by atoms with E-state index in [0.717, 1.165) is 6.08 Å². The second-order valence-electron chi connectivity index (χ2n) is 6.70. The molecule has 0 bridgehead atoms. The van der Waals surface area contributed by atoms with Crippen LogP contribution in [0.2, 0.25) is 0 Å². The summed E-state index contributed by atoms with van der Waals surface area (Å²) in [5.41, 5.74) is 1.50. The summed E-state index contributed by atoms with van der Waals surface area (Å²) < 4.78 is 15.2. The van der Waals surface area contributed by atoms with Gasteiger partial charge in [-0.2, -0.15) is 5.21 Å². The van der Waals surface area contributed by atoms with Gasteiger partial charge in [0.25, 0.3) is 0 Å². The maximum absolute atomic E-state index is 13.6. The summed E-state index contributed by atoms with van der Waals surface area (Å²) >= 11 is 0. The van der Waals surface area contributed by atoms with Gasteiger partial charge in [0.2, 0.25) is 11.6 Å². The van der Waals surface area contributed by atoms with Gasteiger partial charge in [-0.05, 0) is 29.0 Å². The van der Waals surface area contributed by atoms with Crippen molar-refractivity contribution in [3.05, 3.63) is 107 Å². The number of aliphatic hydroxyl groups is 1. The molecule has 2 aromatic heterocycles. The molecule has 31 heavy (non-hydrogen) atoms. The molecule has 0 aliphatic rings. The molecule has 0 radical (unpaired) electrons. The zero-order chi connectivity index (χ0) is 21.8. The number of rotatable bonds is 7. The van der Waals surface area contributed by atoms with Crippen LogP contribution in [0.15, 0.2) is 72.9 Å². The highest BCUT2D eigenvalue weighted by Crippen LogP contribution is 2.18. The Morgan fingerprint density at radius 3 is 2.58 bits per heavy atom. The number of nitrogens with one attached hydrogen (secondary N) is 1. The lowest BCUT2D eigenvalue weighted by Gasteiger charge is -2.07. The van der Waals surface area contributed by atoms with Gasteiger partial charge in [-0.15, -0.1) is 10.2 Å². The van der Waals surface area contributed by atoms with E-state index < -0.39 is 17.4 Å². The van der Waals surface area contributed by atoms with Crippen LogP contribution in [0.1, 0.15) is 37.8 Å². The molecule has 9 heteroatoms. The van der Waals surface area contributed by atoms with Crippen molar-refractivity contribution in [2.24, 2.45) is 0 Å². The van der Waals surface area contributed by atoms with Crippen molar-refractivity contribution in [3.8, 4) is 0 Å². The quantitative estimate of drug-likeness (QED) is 0.271. The van der Waals surface area contributed by atoms with Gasteiger partial charge >= 0.3 is 0 Å². The molecule has 4 rings (SSSR count). The largest absolute Gasteiger partial charge is 0.504 e. The number of ketones is 2. The number of hydrogen-bond acceptors (Lipinski definition) is 6. The molecule has 0 spiro atoms. The molecule has 0 saturated carbocycles. The third-order valence-corrected chi connectivity index (χ3v) is 4.53. The molecular weight excluding hydrogens is 401 g/mol. The first-order valence-corrected chi connectivity index (χ1v) is 9.24. The van der Waals surface area contributed by atoms with Crippen LogP contribution in [-0.2, 0) is 6.54 Å². The van der Waals surface area contributed by atoms with Crippen LogP contribution in [0, 0.1) is 5.82 Å². The van der Waals surface area contributed by atoms with Gasteiger partial charge in [0.05, 0.1) is 5.69 Å². The van der Waals surface area contributed by atoms with Gasteiger partial charge < -0.3 is 9.67 Å². The topological polar surface area (TPSA) is 114 Å². The fourth-order valence-electron chi connectivity index (χ4n) is 3.09. The molecule has 0 unspecified atom stereocenters. The first-order chi connectivity index (χ1) is 15.0. The van der Waals surface area contributed by atoms with Crippen LogP contribution >= 0.6 is 0 Å². The zero-order valence-corrected chi connectivity index (χ0v) is 16.1. The first kappa shape index (κ1) is 19.9. The SMILES string of the molecule is O=C(c1ccccc1)c1cc(C(=O)C=C(O)c2nn[nH]n2)n(Cc2cccc(F)c2)c1. The predicted molar refractivity (Wildman–Crippen MR) is 109 cm³/mol. The Labute approximate surface area is 175 Å². The second-order valence-corrected chi connectivity index (χ2v) is 6.70. The van der Waals surface area contributed by atoms with E-state index in [-0.39, 0.29) is 23.8 Å². The molecule has 2 N–H and O–H groups in total. The maximum atomic E-state index is 13.6. The van der Waals surface area contributed by atoms with E-state index in [2.05, 4.69) is 20.6 Å². The van der Waals surface area contributed by atoms with E-state index >= 15 is 0 Å². The summed E-state index contributed by atoms with van der Waals surface area (Å²) in [5.74, 6) is -1.87. The Hall–Kier alpha value is -4.40. The van der Waals surface area contributed by atoms with Crippen LogP contribution in [-0.4, -0.2) is 41.9 Å². The lowest BCUT2D eigenvalue weighted by atomic mass is 10.1. The number of H-pyrrole nitrogens is 1. The summed E-state index contributed by atoms with van der Waals surface area (Å²) in [6.45, 7) is 0.151. The Bertz CT molecular complexity index is 1260. The normalized spacial score (nSPS) is 11.5. The van der Waals surface area contributed by atoms with Crippen molar-refractivity contribution in [2.75, 3.05) is 0 Å². The molecule has 0 aliphatic heterocycles. The van der Waals surface area contributed by atoms with Gasteiger partial charge in [-0.1, -0.05) is 42.5 Å². The minimum absolute atomic E-state index is 0.138. The van der Waals surface area contributed by atoms with Gasteiger partial charge in [-0.3, -0.25) is 9.59 Å². The Morgan fingerprint density at radius 2 is 1.87 bits per heavy atom. The fourth-order valence-corrected chi connectivity index (χ4v) is 3.09. The van der Waals surface area contributed by atoms with Crippen LogP contribution in [0.25, 0.3) is 5.76 Å². The first-order valence-electron chi connectivity index (χ1n) is 9.24. The molecule has 2 aromatic carbocycles. The summed E-state index contributed by atoms with van der Waals surface area (Å²) in [5, 5.41) is 22.8. The lowest BCUT2D eigenvalue weighted by Crippen LogP contribution is -2.08. The molecule has 0 fully saturated rings. The Balaban J connectivity index is 1.72. The number of aromatic amines is 1. The van der Waals surface area contributed by atoms with E-state index in [9.17, 15) is 19.1 Å². The number of nitrogens with zero attached hydrogens (tertiary/aromatic N) is 4. The molecular formula is C22H16FN5O3. The lowest BCUT2D eigenvalue weighted by molar-refractivity contribution is 0.103. The average Bonchev–Trinajstić information content (AvgIpc) is 3.44. The number of aromatic nitrogens is 5. The minimum Gasteiger partial charge on any atom is -0.504 e. The molecule has 0 amide bonds. The number of aliphatic hydroxyl groups excluding tert-OH is 1. The Morgan fingerprint density at radius 1 is 1.06 bits per heavy atom. The van der Waals surface area contributed by atoms with Gasteiger partial charge in [-0.25, -0.2) is 4.39 Å². The Kier molecular flexibility index (Phi) is 5.48. The van der Waals surface area contributed by atoms with Gasteiger partial charge in [0.15, 0.2) is 11.5 Å². The minimum atomic E-state index is -0.578. The van der Waals surface area contributed by atoms with E-state index in [0.29, 0.717) is 16.7 Å². The van der Waals surface area contributed by atoms with Crippen LogP contribution in [0.3, 0.4) is 0 Å². The van der Waals surface area contributed by atoms with Crippen molar-refractivity contribution in [3.63, 3.8) is 0 Å². The van der Waals surface area contributed by atoms with E-state index in [1.807, 2.05) is 0 Å². The van der Waals surface area contributed by atoms with E-state index in [4.69, 9.17) is 0 Å². The molecule has 2 heterocycles. The molecule has 8 nitrogen and oxygen atoms in total. The second kappa shape index (κ2) is 8.54. The smallest absolute Gasteiger partial charge is 0.239 e. The fraction of sp³-hybridized carbons (Fsp3) is 0.0455. The van der Waals surface area contributed by atoms with Crippen molar-refractivity contribution >= 4 is 17.3 Å². The third kappa shape index (κ3) is 4.45. The summed E-state index contributed by atoms with van der Waals surface area (Å²) in [7, 11) is 0. The van der Waals surface area contributed by atoms with Crippen LogP contribution < -0.4 is 0 Å². The van der Waals surface area contributed by atoms with E-state index in [1.165, 1.54) is 29.0 Å². The number of halogens is 1. The maximum Gasteiger partial charge on any atom is 0.239 e. The highest BCUT2D eigenvalue weighted by molar-refractivity contribution is 6.12. The van der Waals surface area contributed by atoms with Crippen molar-refractivity contribution in [1.29, 1.82) is 0 Å². The number of benzene rings is 2. The number of carbonyl (C=O) groups excluding carboxylic acids is 2. The monoisotopic (exact) mass is 417 g/mol. The average molecular weight is 417 g/mol. The van der Waals surface area contributed by atoms with Gasteiger partial charge in [0.1, 0.15) is 5.82 Å². The molecule has 0 aliphatic carbocycles. The number of carbonyl (C=O) groups is 2. The van der Waals surface area contributed by atoms with Crippen LogP contribution in [0.4, 0.5) is 4.39 Å². The highest BCUT2D eigenvalue weighted by Gasteiger charge is 2.19. The van der Waals surface area contributed by atoms with Crippen molar-refractivity contribution in [1.82, 2.24) is 25.2 Å². The molecule has 0 saturated heterocycles. The van der Waals surface area contributed by atoms with E-state index in [1.54, 1.807) is 42.5 Å². The standard InChI is InChI=1S/C22H16FN5O3/c23-17-8-4-5-14(9-17)12-28-13-16(21(31)15-6-2-1-3-7-15)10-18(28)19(29)11-20(30)22-24-26-27-25-22/h1-11,13,30H,12H2,(H,24,25,26,27). The number of allylic oxidation sites excluding steroid dienone is 1. The number of hydrogen-bond donors (Lipinski definition) is 2. The van der Waals surface area contributed by atoms with Crippen molar-refractivity contribution < 1.29 is 19.1 Å².